The van der Waals surface area contributed by atoms with E-state index in [9.17, 15) is 28.8 Å². The number of carboxylic acid groups (broad SMARTS) is 1. The third-order valence-corrected chi connectivity index (χ3v) is 11.1. The minimum Gasteiger partial charge on any atom is -0.480 e. The average molecular weight is 671 g/mol. The van der Waals surface area contributed by atoms with Crippen LogP contribution in [0.1, 0.15) is 87.7 Å². The van der Waals surface area contributed by atoms with Crippen LogP contribution in [0.3, 0.4) is 0 Å². The number of carboxylic acids is 1. The number of esters is 1. The van der Waals surface area contributed by atoms with Gasteiger partial charge in [-0.25, -0.2) is 0 Å². The number of Topliss-reactive ketones (excluding diaryl/α,β-unsaturated/α-hetero) is 1. The first-order chi connectivity index (χ1) is 22.3. The fourth-order valence-electron chi connectivity index (χ4n) is 5.82. The molecule has 0 aromatic heterocycles. The molecule has 11 heteroatoms. The number of ether oxygens (including phenoxy) is 1. The number of rotatable bonds is 21. The summed E-state index contributed by atoms with van der Waals surface area (Å²) in [5.41, 5.74) is 8.48. The van der Waals surface area contributed by atoms with Crippen LogP contribution >= 0.6 is 7.37 Å². The van der Waals surface area contributed by atoms with E-state index < -0.39 is 37.6 Å². The number of hydrogen-bond donors (Lipinski definition) is 2. The van der Waals surface area contributed by atoms with Crippen molar-refractivity contribution in [1.82, 2.24) is 4.90 Å². The van der Waals surface area contributed by atoms with Crippen molar-refractivity contribution in [2.24, 2.45) is 23.5 Å². The molecule has 0 saturated heterocycles. The van der Waals surface area contributed by atoms with Crippen LogP contribution in [0.2, 0.25) is 0 Å². The van der Waals surface area contributed by atoms with E-state index in [1.807, 2.05) is 68.4 Å². The molecule has 1 aliphatic heterocycles. The van der Waals surface area contributed by atoms with Gasteiger partial charge in [0.05, 0.1) is 0 Å². The summed E-state index contributed by atoms with van der Waals surface area (Å²) in [5.74, 6) is -2.93. The van der Waals surface area contributed by atoms with Crippen LogP contribution in [0.5, 0.6) is 0 Å². The molecule has 3 N–H and O–H groups in total. The Balaban J connectivity index is 1.79. The van der Waals surface area contributed by atoms with Crippen LogP contribution in [0.15, 0.2) is 54.6 Å². The van der Waals surface area contributed by atoms with Gasteiger partial charge in [-0.3, -0.25) is 28.3 Å². The second-order valence-electron chi connectivity index (χ2n) is 13.1. The predicted octanol–water partition coefficient (Wildman–Crippen LogP) is 6.30. The highest BCUT2D eigenvalue weighted by atomic mass is 31.2. The normalized spacial score (nSPS) is 16.6. The summed E-state index contributed by atoms with van der Waals surface area (Å²) in [6.07, 6.45) is 1.53. The molecule has 0 radical (unpaired) electrons. The zero-order chi connectivity index (χ0) is 34.6. The number of carbonyl (C=O) groups is 4. The number of carbonyl (C=O) groups excluding carboxylic acids is 3. The van der Waals surface area contributed by atoms with E-state index in [-0.39, 0.29) is 55.1 Å². The van der Waals surface area contributed by atoms with Gasteiger partial charge in [-0.15, -0.1) is 0 Å². The molecule has 2 aromatic carbocycles. The number of hydrogen-bond acceptors (Lipinski definition) is 8. The maximum Gasteiger partial charge on any atom is 0.320 e. The Morgan fingerprint density at radius 2 is 1.70 bits per heavy atom. The van der Waals surface area contributed by atoms with Crippen molar-refractivity contribution < 1.29 is 38.1 Å². The molecule has 2 aromatic rings. The van der Waals surface area contributed by atoms with Crippen LogP contribution < -0.4 is 5.73 Å². The highest BCUT2D eigenvalue weighted by Crippen LogP contribution is 2.52. The zero-order valence-corrected chi connectivity index (χ0v) is 29.0. The smallest absolute Gasteiger partial charge is 0.320 e. The van der Waals surface area contributed by atoms with E-state index in [0.717, 1.165) is 11.1 Å². The topological polar surface area (TPSA) is 153 Å². The molecule has 47 heavy (non-hydrogen) atoms. The average Bonchev–Trinajstić information content (AvgIpc) is 3.36. The van der Waals surface area contributed by atoms with E-state index in [1.54, 1.807) is 18.7 Å². The molecule has 5 atom stereocenters. The van der Waals surface area contributed by atoms with Crippen LogP contribution in [0, 0.1) is 17.8 Å². The molecule has 1 aliphatic rings. The van der Waals surface area contributed by atoms with E-state index in [2.05, 4.69) is 0 Å². The highest BCUT2D eigenvalue weighted by molar-refractivity contribution is 7.59. The van der Waals surface area contributed by atoms with Crippen molar-refractivity contribution in [2.75, 3.05) is 18.9 Å². The van der Waals surface area contributed by atoms with Crippen molar-refractivity contribution in [3.05, 3.63) is 71.3 Å². The van der Waals surface area contributed by atoms with Crippen molar-refractivity contribution in [1.29, 1.82) is 0 Å². The van der Waals surface area contributed by atoms with Crippen molar-refractivity contribution in [3.63, 3.8) is 0 Å². The fourth-order valence-corrected chi connectivity index (χ4v) is 8.62. The molecule has 0 aliphatic carbocycles. The maximum absolute atomic E-state index is 14.8. The number of aryl methyl sites for hydroxylation is 1. The van der Waals surface area contributed by atoms with Gasteiger partial charge in [0.25, 0.3) is 5.91 Å². The summed E-state index contributed by atoms with van der Waals surface area (Å²) >= 11 is 0. The van der Waals surface area contributed by atoms with Crippen LogP contribution in [-0.2, 0) is 41.2 Å². The van der Waals surface area contributed by atoms with E-state index in [1.165, 1.54) is 0 Å². The Labute approximate surface area is 278 Å². The Kier molecular flexibility index (Phi) is 14.8. The number of ketones is 1. The van der Waals surface area contributed by atoms with Gasteiger partial charge in [-0.1, -0.05) is 76.2 Å². The zero-order valence-electron chi connectivity index (χ0n) is 28.1. The minimum atomic E-state index is -3.57. The molecule has 258 valence electrons. The minimum absolute atomic E-state index is 0.0188. The SMILES string of the molecule is CCC(=O)OC(OP(=O)(CCCCN1Cc2ccccc2C1=O)CC(CCc1ccccc1)C(=O)CC(C)C[C@H](N)C(=O)O)C(C)C. The lowest BCUT2D eigenvalue weighted by atomic mass is 9.89. The predicted molar refractivity (Wildman–Crippen MR) is 181 cm³/mol. The van der Waals surface area contributed by atoms with Gasteiger partial charge >= 0.3 is 11.9 Å². The molecule has 0 bridgehead atoms. The third kappa shape index (κ3) is 12.0. The van der Waals surface area contributed by atoms with E-state index in [4.69, 9.17) is 15.0 Å². The number of amides is 1. The second-order valence-corrected chi connectivity index (χ2v) is 15.7. The number of nitrogens with two attached hydrogens (primary N) is 1. The summed E-state index contributed by atoms with van der Waals surface area (Å²) in [6.45, 7) is 8.13. The second kappa shape index (κ2) is 18.3. The third-order valence-electron chi connectivity index (χ3n) is 8.55. The van der Waals surface area contributed by atoms with Gasteiger partial charge in [0.2, 0.25) is 13.7 Å². The van der Waals surface area contributed by atoms with Gasteiger partial charge in [-0.05, 0) is 55.2 Å². The Bertz CT molecular complexity index is 1400. The lowest BCUT2D eigenvalue weighted by molar-refractivity contribution is -0.169. The number of nitrogens with zero attached hydrogens (tertiary/aromatic N) is 1. The lowest BCUT2D eigenvalue weighted by Gasteiger charge is -2.30. The summed E-state index contributed by atoms with van der Waals surface area (Å²) in [4.78, 5) is 52.0. The Morgan fingerprint density at radius 3 is 2.34 bits per heavy atom. The molecule has 3 rings (SSSR count). The van der Waals surface area contributed by atoms with Crippen LogP contribution in [0.4, 0.5) is 0 Å². The van der Waals surface area contributed by atoms with E-state index in [0.29, 0.717) is 44.3 Å². The van der Waals surface area contributed by atoms with Gasteiger partial charge in [0.15, 0.2) is 0 Å². The Hall–Kier alpha value is -3.33. The molecular formula is C36H51N2O8P. The van der Waals surface area contributed by atoms with Crippen LogP contribution in [0.25, 0.3) is 0 Å². The van der Waals surface area contributed by atoms with Crippen molar-refractivity contribution in [3.8, 4) is 0 Å². The maximum atomic E-state index is 14.8. The van der Waals surface area contributed by atoms with Gasteiger partial charge in [0.1, 0.15) is 11.8 Å². The molecule has 0 spiro atoms. The number of unbranched alkanes of at least 4 members (excludes halogenated alkanes) is 1. The number of benzene rings is 2. The molecule has 0 fully saturated rings. The first-order valence-corrected chi connectivity index (χ1v) is 18.7. The van der Waals surface area contributed by atoms with Crippen molar-refractivity contribution >= 4 is 31.0 Å². The van der Waals surface area contributed by atoms with Gasteiger partial charge < -0.3 is 20.5 Å². The first-order valence-electron chi connectivity index (χ1n) is 16.7. The molecule has 4 unspecified atom stereocenters. The van der Waals surface area contributed by atoms with Gasteiger partial charge in [0, 0.05) is 55.7 Å². The van der Waals surface area contributed by atoms with Gasteiger partial charge in [-0.2, -0.15) is 0 Å². The summed E-state index contributed by atoms with van der Waals surface area (Å²) in [7, 11) is -3.57. The summed E-state index contributed by atoms with van der Waals surface area (Å²) < 4.78 is 26.6. The Morgan fingerprint density at radius 1 is 1.02 bits per heavy atom. The largest absolute Gasteiger partial charge is 0.480 e. The number of aliphatic carboxylic acids is 1. The first kappa shape index (κ1) is 38.1. The molecule has 1 amide bonds. The summed E-state index contributed by atoms with van der Waals surface area (Å²) in [5, 5.41) is 9.26. The molecule has 0 saturated carbocycles. The van der Waals surface area contributed by atoms with E-state index >= 15 is 0 Å². The highest BCUT2D eigenvalue weighted by Gasteiger charge is 2.36. The molecule has 10 nitrogen and oxygen atoms in total. The standard InChI is InChI=1S/C36H51N2O8P/c1-5-33(40)45-36(25(2)3)46-47(44,20-12-11-19-38-23-28-15-9-10-16-30(28)34(38)41)24-29(18-17-27-13-7-6-8-14-27)32(39)22-26(4)21-31(37)35(42)43/h6-10,13-16,25-26,29,31,36H,5,11-12,17-24,37H2,1-4H3,(H,42,43)/t26?,29?,31-,36?,47?/m0/s1. The van der Waals surface area contributed by atoms with Crippen molar-refractivity contribution in [2.45, 2.75) is 91.5 Å². The lowest BCUT2D eigenvalue weighted by Crippen LogP contribution is -2.33. The summed E-state index contributed by atoms with van der Waals surface area (Å²) in [6, 6.07) is 16.2. The molecule has 1 heterocycles. The van der Waals surface area contributed by atoms with Crippen LogP contribution in [-0.4, -0.2) is 64.8 Å². The molecular weight excluding hydrogens is 619 g/mol. The quantitative estimate of drug-likeness (QED) is 0.0674. The monoisotopic (exact) mass is 670 g/mol. The number of fused-ring (bicyclic) bond motifs is 1. The fraction of sp³-hybridized carbons (Fsp3) is 0.556.